The van der Waals surface area contributed by atoms with Crippen LogP contribution in [0, 0.1) is 11.3 Å². The van der Waals surface area contributed by atoms with Gasteiger partial charge in [0.1, 0.15) is 0 Å². The molecule has 1 aromatic rings. The second kappa shape index (κ2) is 4.01. The molecule has 1 aliphatic heterocycles. The molecule has 0 aliphatic carbocycles. The van der Waals surface area contributed by atoms with Crippen LogP contribution in [0.5, 0.6) is 0 Å². The molecule has 0 amide bonds. The van der Waals surface area contributed by atoms with Crippen molar-refractivity contribution in [1.29, 1.82) is 5.26 Å². The zero-order valence-corrected chi connectivity index (χ0v) is 8.85. The van der Waals surface area contributed by atoms with Crippen molar-refractivity contribution in [3.8, 4) is 6.07 Å². The van der Waals surface area contributed by atoms with Crippen LogP contribution in [0.3, 0.4) is 0 Å². The summed E-state index contributed by atoms with van der Waals surface area (Å²) in [5.74, 6) is 0. The molecule has 1 fully saturated rings. The molecule has 3 nitrogen and oxygen atoms in total. The van der Waals surface area contributed by atoms with Crippen molar-refractivity contribution in [1.82, 2.24) is 4.90 Å². The SMILES string of the molecule is CC(c1ccc(C#N)cc1)N1CC(N)C1. The van der Waals surface area contributed by atoms with Gasteiger partial charge in [0.15, 0.2) is 0 Å². The lowest BCUT2D eigenvalue weighted by atomic mass is 10.0. The Kier molecular flexibility index (Phi) is 2.72. The molecule has 2 rings (SSSR count). The van der Waals surface area contributed by atoms with E-state index in [2.05, 4.69) is 17.9 Å². The fourth-order valence-corrected chi connectivity index (χ4v) is 1.91. The lowest BCUT2D eigenvalue weighted by molar-refractivity contribution is 0.103. The van der Waals surface area contributed by atoms with Crippen LogP contribution in [-0.2, 0) is 0 Å². The van der Waals surface area contributed by atoms with Gasteiger partial charge in [0.25, 0.3) is 0 Å². The fraction of sp³-hybridized carbons (Fsp3) is 0.417. The number of likely N-dealkylation sites (tertiary alicyclic amines) is 1. The van der Waals surface area contributed by atoms with E-state index in [1.54, 1.807) is 0 Å². The highest BCUT2D eigenvalue weighted by molar-refractivity contribution is 5.32. The highest BCUT2D eigenvalue weighted by Crippen LogP contribution is 2.24. The van der Waals surface area contributed by atoms with Gasteiger partial charge in [0.05, 0.1) is 11.6 Å². The van der Waals surface area contributed by atoms with Gasteiger partial charge < -0.3 is 5.73 Å². The molecule has 1 aromatic carbocycles. The summed E-state index contributed by atoms with van der Waals surface area (Å²) < 4.78 is 0. The van der Waals surface area contributed by atoms with Crippen LogP contribution in [0.2, 0.25) is 0 Å². The van der Waals surface area contributed by atoms with Crippen LogP contribution in [0.25, 0.3) is 0 Å². The summed E-state index contributed by atoms with van der Waals surface area (Å²) in [7, 11) is 0. The number of nitrogens with two attached hydrogens (primary N) is 1. The molecule has 2 N–H and O–H groups in total. The van der Waals surface area contributed by atoms with Gasteiger partial charge in [-0.05, 0) is 24.6 Å². The minimum Gasteiger partial charge on any atom is -0.325 e. The summed E-state index contributed by atoms with van der Waals surface area (Å²) in [5.41, 5.74) is 7.71. The van der Waals surface area contributed by atoms with Crippen molar-refractivity contribution < 1.29 is 0 Å². The first-order valence-electron chi connectivity index (χ1n) is 5.20. The van der Waals surface area contributed by atoms with Crippen molar-refractivity contribution in [2.75, 3.05) is 13.1 Å². The third kappa shape index (κ3) is 2.01. The van der Waals surface area contributed by atoms with Crippen LogP contribution in [0.4, 0.5) is 0 Å². The molecule has 15 heavy (non-hydrogen) atoms. The maximum absolute atomic E-state index is 8.69. The minimum absolute atomic E-state index is 0.339. The van der Waals surface area contributed by atoms with E-state index in [0.717, 1.165) is 13.1 Å². The van der Waals surface area contributed by atoms with E-state index in [-0.39, 0.29) is 0 Å². The lowest BCUT2D eigenvalue weighted by Crippen LogP contribution is -2.56. The van der Waals surface area contributed by atoms with E-state index < -0.39 is 0 Å². The van der Waals surface area contributed by atoms with Crippen molar-refractivity contribution in [3.05, 3.63) is 35.4 Å². The summed E-state index contributed by atoms with van der Waals surface area (Å²) >= 11 is 0. The normalized spacial score (nSPS) is 19.3. The molecule has 1 heterocycles. The van der Waals surface area contributed by atoms with E-state index in [1.807, 2.05) is 24.3 Å². The van der Waals surface area contributed by atoms with E-state index >= 15 is 0 Å². The zero-order valence-electron chi connectivity index (χ0n) is 8.85. The summed E-state index contributed by atoms with van der Waals surface area (Å²) in [6.45, 7) is 4.12. The summed E-state index contributed by atoms with van der Waals surface area (Å²) in [4.78, 5) is 2.34. The molecular formula is C12H15N3. The highest BCUT2D eigenvalue weighted by Gasteiger charge is 2.27. The number of nitrogens with zero attached hydrogens (tertiary/aromatic N) is 2. The van der Waals surface area contributed by atoms with Crippen molar-refractivity contribution >= 4 is 0 Å². The average molecular weight is 201 g/mol. The maximum Gasteiger partial charge on any atom is 0.0991 e. The quantitative estimate of drug-likeness (QED) is 0.783. The zero-order chi connectivity index (χ0) is 10.8. The predicted octanol–water partition coefficient (Wildman–Crippen LogP) is 1.26. The van der Waals surface area contributed by atoms with Crippen LogP contribution in [0.15, 0.2) is 24.3 Å². The first-order chi connectivity index (χ1) is 7.20. The number of nitriles is 1. The summed E-state index contributed by atoms with van der Waals surface area (Å²) in [6.07, 6.45) is 0. The van der Waals surface area contributed by atoms with Crippen LogP contribution in [0.1, 0.15) is 24.1 Å². The van der Waals surface area contributed by atoms with Crippen LogP contribution < -0.4 is 5.73 Å². The molecule has 78 valence electrons. The maximum atomic E-state index is 8.69. The topological polar surface area (TPSA) is 53.0 Å². The molecule has 3 heteroatoms. The molecule has 0 spiro atoms. The molecule has 0 bridgehead atoms. The molecule has 0 saturated carbocycles. The van der Waals surface area contributed by atoms with Crippen LogP contribution in [-0.4, -0.2) is 24.0 Å². The monoisotopic (exact) mass is 201 g/mol. The fourth-order valence-electron chi connectivity index (χ4n) is 1.91. The van der Waals surface area contributed by atoms with Gasteiger partial charge in [-0.1, -0.05) is 12.1 Å². The molecule has 1 saturated heterocycles. The Balaban J connectivity index is 2.06. The van der Waals surface area contributed by atoms with Gasteiger partial charge in [-0.2, -0.15) is 5.26 Å². The molecular weight excluding hydrogens is 186 g/mol. The van der Waals surface area contributed by atoms with E-state index in [4.69, 9.17) is 11.0 Å². The molecule has 0 radical (unpaired) electrons. The Morgan fingerprint density at radius 1 is 1.40 bits per heavy atom. The second-order valence-corrected chi connectivity index (χ2v) is 4.12. The third-order valence-corrected chi connectivity index (χ3v) is 3.01. The van der Waals surface area contributed by atoms with Gasteiger partial charge >= 0.3 is 0 Å². The van der Waals surface area contributed by atoms with Crippen molar-refractivity contribution in [2.45, 2.75) is 19.0 Å². The first kappa shape index (κ1) is 10.2. The number of hydrogen-bond donors (Lipinski definition) is 1. The molecule has 1 unspecified atom stereocenters. The van der Waals surface area contributed by atoms with Crippen molar-refractivity contribution in [2.24, 2.45) is 5.73 Å². The van der Waals surface area contributed by atoms with Crippen molar-refractivity contribution in [3.63, 3.8) is 0 Å². The van der Waals surface area contributed by atoms with Gasteiger partial charge in [-0.3, -0.25) is 4.90 Å². The van der Waals surface area contributed by atoms with E-state index in [1.165, 1.54) is 5.56 Å². The summed E-state index contributed by atoms with van der Waals surface area (Å²) in [5, 5.41) is 8.69. The first-order valence-corrected chi connectivity index (χ1v) is 5.20. The minimum atomic E-state index is 0.339. The van der Waals surface area contributed by atoms with Gasteiger partial charge in [-0.15, -0.1) is 0 Å². The molecule has 1 aliphatic rings. The number of hydrogen-bond acceptors (Lipinski definition) is 3. The Bertz CT molecular complexity index is 371. The lowest BCUT2D eigenvalue weighted by Gasteiger charge is -2.41. The Morgan fingerprint density at radius 3 is 2.47 bits per heavy atom. The molecule has 0 aromatic heterocycles. The Hall–Kier alpha value is -1.37. The molecule has 1 atom stereocenters. The van der Waals surface area contributed by atoms with E-state index in [9.17, 15) is 0 Å². The van der Waals surface area contributed by atoms with Gasteiger partial charge in [-0.25, -0.2) is 0 Å². The average Bonchev–Trinajstić information content (AvgIpc) is 2.24. The smallest absolute Gasteiger partial charge is 0.0991 e. The standard InChI is InChI=1S/C12H15N3/c1-9(15-7-12(14)8-15)11-4-2-10(6-13)3-5-11/h2-5,9,12H,7-8,14H2,1H3. The summed E-state index contributed by atoms with van der Waals surface area (Å²) in [6, 6.07) is 10.6. The highest BCUT2D eigenvalue weighted by atomic mass is 15.2. The number of rotatable bonds is 2. The Labute approximate surface area is 90.1 Å². The van der Waals surface area contributed by atoms with Gasteiger partial charge in [0.2, 0.25) is 0 Å². The van der Waals surface area contributed by atoms with Crippen LogP contribution >= 0.6 is 0 Å². The number of benzene rings is 1. The Morgan fingerprint density at radius 2 is 2.00 bits per heavy atom. The largest absolute Gasteiger partial charge is 0.325 e. The predicted molar refractivity (Wildman–Crippen MR) is 59.1 cm³/mol. The van der Waals surface area contributed by atoms with Gasteiger partial charge in [0, 0.05) is 25.2 Å². The second-order valence-electron chi connectivity index (χ2n) is 4.12. The van der Waals surface area contributed by atoms with E-state index in [0.29, 0.717) is 17.6 Å². The third-order valence-electron chi connectivity index (χ3n) is 3.01.